The second-order valence-corrected chi connectivity index (χ2v) is 11.0. The highest BCUT2D eigenvalue weighted by Gasteiger charge is 2.28. The molecular weight excluding hydrogens is 473 g/mol. The summed E-state index contributed by atoms with van der Waals surface area (Å²) in [6, 6.07) is 8.67. The van der Waals surface area contributed by atoms with Crippen LogP contribution in [0.1, 0.15) is 58.7 Å². The average molecular weight is 509 g/mol. The van der Waals surface area contributed by atoms with Crippen LogP contribution < -0.4 is 10.6 Å². The summed E-state index contributed by atoms with van der Waals surface area (Å²) in [5.74, 6) is 1.33. The molecule has 0 bridgehead atoms. The van der Waals surface area contributed by atoms with Crippen molar-refractivity contribution in [1.29, 1.82) is 0 Å². The van der Waals surface area contributed by atoms with Crippen LogP contribution in [-0.4, -0.2) is 38.5 Å². The largest absolute Gasteiger partial charge is 0.355 e. The molecule has 0 spiro atoms. The normalized spacial score (nSPS) is 13.9. The SMILES string of the molecule is CN=C(NCCS(=O)(=O)C(C)(C)C)NC(C)c1ccc(CC(C)C)cc1.I. The maximum atomic E-state index is 12.2. The fourth-order valence-corrected chi connectivity index (χ4v) is 3.49. The molecule has 0 radical (unpaired) electrons. The molecule has 0 aliphatic heterocycles. The van der Waals surface area contributed by atoms with Gasteiger partial charge >= 0.3 is 0 Å². The fourth-order valence-electron chi connectivity index (χ4n) is 2.51. The molecule has 1 aromatic carbocycles. The molecule has 27 heavy (non-hydrogen) atoms. The standard InChI is InChI=1S/C20H35N3O2S.HI/c1-15(2)14-17-8-10-18(11-9-17)16(3)23-19(21-7)22-12-13-26(24,25)20(4,5)6;/h8-11,15-16H,12-14H2,1-7H3,(H2,21,22,23);1H. The molecule has 0 amide bonds. The van der Waals surface area contributed by atoms with E-state index in [1.165, 1.54) is 11.1 Å². The number of halogens is 1. The number of nitrogens with zero attached hydrogens (tertiary/aromatic N) is 1. The Morgan fingerprint density at radius 2 is 1.67 bits per heavy atom. The van der Waals surface area contributed by atoms with Gasteiger partial charge in [0.05, 0.1) is 16.5 Å². The monoisotopic (exact) mass is 509 g/mol. The van der Waals surface area contributed by atoms with Crippen molar-refractivity contribution in [2.45, 2.75) is 58.8 Å². The smallest absolute Gasteiger partial charge is 0.191 e. The Balaban J connectivity index is 0.00000676. The van der Waals surface area contributed by atoms with Gasteiger partial charge < -0.3 is 10.6 Å². The molecule has 0 aliphatic rings. The Hall–Kier alpha value is -0.830. The summed E-state index contributed by atoms with van der Waals surface area (Å²) < 4.78 is 23.6. The highest BCUT2D eigenvalue weighted by atomic mass is 127. The Labute approximate surface area is 182 Å². The van der Waals surface area contributed by atoms with Gasteiger partial charge in [-0.1, -0.05) is 38.1 Å². The number of nitrogens with one attached hydrogen (secondary N) is 2. The summed E-state index contributed by atoms with van der Waals surface area (Å²) in [7, 11) is -1.46. The van der Waals surface area contributed by atoms with E-state index in [1.54, 1.807) is 27.8 Å². The lowest BCUT2D eigenvalue weighted by atomic mass is 10.00. The van der Waals surface area contributed by atoms with Crippen LogP contribution in [0.3, 0.4) is 0 Å². The second-order valence-electron chi connectivity index (χ2n) is 8.14. The Morgan fingerprint density at radius 3 is 2.11 bits per heavy atom. The van der Waals surface area contributed by atoms with Gasteiger partial charge in [-0.3, -0.25) is 4.99 Å². The van der Waals surface area contributed by atoms with E-state index >= 15 is 0 Å². The third-order valence-corrected chi connectivity index (χ3v) is 6.90. The Kier molecular flexibility index (Phi) is 10.9. The number of guanidine groups is 1. The van der Waals surface area contributed by atoms with E-state index in [1.807, 2.05) is 0 Å². The summed E-state index contributed by atoms with van der Waals surface area (Å²) in [4.78, 5) is 4.19. The lowest BCUT2D eigenvalue weighted by Crippen LogP contribution is -2.42. The molecule has 156 valence electrons. The second kappa shape index (κ2) is 11.2. The molecule has 2 N–H and O–H groups in total. The van der Waals surface area contributed by atoms with Crippen LogP contribution in [-0.2, 0) is 16.3 Å². The quantitative estimate of drug-likeness (QED) is 0.332. The van der Waals surface area contributed by atoms with Crippen molar-refractivity contribution in [3.63, 3.8) is 0 Å². The molecule has 0 aliphatic carbocycles. The highest BCUT2D eigenvalue weighted by Crippen LogP contribution is 2.16. The van der Waals surface area contributed by atoms with Crippen LogP contribution in [0.15, 0.2) is 29.3 Å². The van der Waals surface area contributed by atoms with Crippen molar-refractivity contribution in [1.82, 2.24) is 10.6 Å². The molecule has 0 saturated carbocycles. The zero-order valence-electron chi connectivity index (χ0n) is 17.7. The first kappa shape index (κ1) is 26.2. The van der Waals surface area contributed by atoms with Crippen molar-refractivity contribution in [2.75, 3.05) is 19.3 Å². The Morgan fingerprint density at radius 1 is 1.11 bits per heavy atom. The fraction of sp³-hybridized carbons (Fsp3) is 0.650. The molecule has 0 saturated heterocycles. The van der Waals surface area contributed by atoms with Crippen molar-refractivity contribution in [3.05, 3.63) is 35.4 Å². The molecule has 1 aromatic rings. The van der Waals surface area contributed by atoms with Gasteiger partial charge in [0.1, 0.15) is 0 Å². The summed E-state index contributed by atoms with van der Waals surface area (Å²) in [5, 5.41) is 6.41. The van der Waals surface area contributed by atoms with E-state index in [0.29, 0.717) is 18.4 Å². The van der Waals surface area contributed by atoms with Crippen molar-refractivity contribution in [3.8, 4) is 0 Å². The van der Waals surface area contributed by atoms with Gasteiger partial charge in [0.25, 0.3) is 0 Å². The van der Waals surface area contributed by atoms with Gasteiger partial charge in [0.2, 0.25) is 0 Å². The molecule has 0 aromatic heterocycles. The predicted molar refractivity (Wildman–Crippen MR) is 127 cm³/mol. The van der Waals surface area contributed by atoms with Gasteiger partial charge in [0.15, 0.2) is 15.8 Å². The van der Waals surface area contributed by atoms with Gasteiger partial charge in [0, 0.05) is 13.6 Å². The minimum absolute atomic E-state index is 0. The molecule has 1 unspecified atom stereocenters. The predicted octanol–water partition coefficient (Wildman–Crippen LogP) is 3.94. The number of hydrogen-bond donors (Lipinski definition) is 2. The van der Waals surface area contributed by atoms with E-state index in [4.69, 9.17) is 0 Å². The minimum atomic E-state index is -3.14. The molecule has 1 atom stereocenters. The first-order valence-corrected chi connectivity index (χ1v) is 10.9. The molecule has 7 heteroatoms. The average Bonchev–Trinajstić information content (AvgIpc) is 2.52. The van der Waals surface area contributed by atoms with Gasteiger partial charge in [-0.15, -0.1) is 24.0 Å². The summed E-state index contributed by atoms with van der Waals surface area (Å²) in [6.45, 7) is 12.0. The first-order valence-electron chi connectivity index (χ1n) is 9.24. The Bertz CT molecular complexity index is 693. The van der Waals surface area contributed by atoms with E-state index in [0.717, 1.165) is 6.42 Å². The van der Waals surface area contributed by atoms with E-state index in [9.17, 15) is 8.42 Å². The maximum Gasteiger partial charge on any atom is 0.191 e. The third kappa shape index (κ3) is 8.81. The molecule has 0 heterocycles. The van der Waals surface area contributed by atoms with Crippen molar-refractivity contribution in [2.24, 2.45) is 10.9 Å². The summed E-state index contributed by atoms with van der Waals surface area (Å²) in [5.41, 5.74) is 2.51. The van der Waals surface area contributed by atoms with E-state index in [-0.39, 0.29) is 35.8 Å². The van der Waals surface area contributed by atoms with Crippen molar-refractivity contribution < 1.29 is 8.42 Å². The molecule has 5 nitrogen and oxygen atoms in total. The van der Waals surface area contributed by atoms with Crippen molar-refractivity contribution >= 4 is 39.8 Å². The van der Waals surface area contributed by atoms with Crippen LogP contribution in [0.25, 0.3) is 0 Å². The molecule has 0 fully saturated rings. The van der Waals surface area contributed by atoms with Crippen LogP contribution in [0.2, 0.25) is 0 Å². The maximum absolute atomic E-state index is 12.2. The van der Waals surface area contributed by atoms with E-state index in [2.05, 4.69) is 60.7 Å². The summed E-state index contributed by atoms with van der Waals surface area (Å²) >= 11 is 0. The van der Waals surface area contributed by atoms with E-state index < -0.39 is 14.6 Å². The van der Waals surface area contributed by atoms with Gasteiger partial charge in [-0.2, -0.15) is 0 Å². The number of aliphatic imine (C=N–C) groups is 1. The zero-order chi connectivity index (χ0) is 20.0. The van der Waals surface area contributed by atoms with Gasteiger partial charge in [-0.05, 0) is 51.2 Å². The lowest BCUT2D eigenvalue weighted by molar-refractivity contribution is 0.558. The van der Waals surface area contributed by atoms with Crippen LogP contribution >= 0.6 is 24.0 Å². The third-order valence-electron chi connectivity index (χ3n) is 4.30. The topological polar surface area (TPSA) is 70.6 Å². The minimum Gasteiger partial charge on any atom is -0.355 e. The zero-order valence-corrected chi connectivity index (χ0v) is 20.8. The molecule has 1 rings (SSSR count). The number of sulfone groups is 1. The summed E-state index contributed by atoms with van der Waals surface area (Å²) in [6.07, 6.45) is 1.08. The number of rotatable bonds is 7. The van der Waals surface area contributed by atoms with Crippen LogP contribution in [0.5, 0.6) is 0 Å². The molecular formula is C20H36IN3O2S. The van der Waals surface area contributed by atoms with Crippen LogP contribution in [0, 0.1) is 5.92 Å². The highest BCUT2D eigenvalue weighted by molar-refractivity contribution is 14.0. The van der Waals surface area contributed by atoms with Gasteiger partial charge in [-0.25, -0.2) is 8.42 Å². The number of benzene rings is 1. The first-order chi connectivity index (χ1) is 12.0. The number of hydrogen-bond acceptors (Lipinski definition) is 3. The lowest BCUT2D eigenvalue weighted by Gasteiger charge is -2.21. The van der Waals surface area contributed by atoms with Crippen LogP contribution in [0.4, 0.5) is 0 Å².